The number of hydrogen-bond donors (Lipinski definition) is 3. The molecule has 0 spiro atoms. The largest absolute Gasteiger partial charge is 0.465 e. The maximum atomic E-state index is 13.5. The summed E-state index contributed by atoms with van der Waals surface area (Å²) in [6, 6.07) is 38.2. The second kappa shape index (κ2) is 24.3. The van der Waals surface area contributed by atoms with Gasteiger partial charge in [0.15, 0.2) is 5.71 Å². The number of carbonyl (C=O) groups excluding carboxylic acids is 3. The van der Waals surface area contributed by atoms with E-state index in [4.69, 9.17) is 9.47 Å². The van der Waals surface area contributed by atoms with Crippen molar-refractivity contribution >= 4 is 68.8 Å². The summed E-state index contributed by atoms with van der Waals surface area (Å²) in [4.78, 5) is 41.4. The molecule has 0 fully saturated rings. The maximum Gasteiger partial charge on any atom is 0.338 e. The van der Waals surface area contributed by atoms with E-state index in [0.717, 1.165) is 58.7 Å². The van der Waals surface area contributed by atoms with Crippen molar-refractivity contribution in [3.05, 3.63) is 192 Å². The van der Waals surface area contributed by atoms with Crippen LogP contribution in [0.15, 0.2) is 174 Å². The summed E-state index contributed by atoms with van der Waals surface area (Å²) >= 11 is 0. The zero-order valence-corrected chi connectivity index (χ0v) is 44.2. The molecule has 5 aromatic carbocycles. The highest BCUT2D eigenvalue weighted by molar-refractivity contribution is 7.85. The van der Waals surface area contributed by atoms with Crippen molar-refractivity contribution in [3.8, 4) is 0 Å². The third kappa shape index (κ3) is 12.7. The van der Waals surface area contributed by atoms with Crippen LogP contribution >= 0.6 is 7.92 Å². The molecular formula is C59H66N4O8PS+. The van der Waals surface area contributed by atoms with Gasteiger partial charge in [-0.05, 0) is 93.3 Å². The number of esters is 1. The smallest absolute Gasteiger partial charge is 0.338 e. The zero-order valence-electron chi connectivity index (χ0n) is 42.5. The Morgan fingerprint density at radius 3 is 2.07 bits per heavy atom. The van der Waals surface area contributed by atoms with E-state index in [1.54, 1.807) is 37.4 Å². The van der Waals surface area contributed by atoms with Gasteiger partial charge in [0, 0.05) is 85.0 Å². The number of methoxy groups -OCH3 is 2. The third-order valence-electron chi connectivity index (χ3n) is 13.4. The second-order valence-corrected chi connectivity index (χ2v) is 22.5. The number of para-hydroxylation sites is 1. The van der Waals surface area contributed by atoms with Crippen LogP contribution in [0.5, 0.6) is 0 Å². The van der Waals surface area contributed by atoms with Gasteiger partial charge in [-0.1, -0.05) is 123 Å². The van der Waals surface area contributed by atoms with Crippen molar-refractivity contribution in [2.45, 2.75) is 69.1 Å². The number of unbranched alkanes of at least 4 members (excludes halogenated alkanes) is 2. The Hall–Kier alpha value is -6.76. The van der Waals surface area contributed by atoms with Crippen LogP contribution in [0.25, 0.3) is 0 Å². The van der Waals surface area contributed by atoms with E-state index in [-0.39, 0.29) is 35.2 Å². The maximum absolute atomic E-state index is 13.5. The van der Waals surface area contributed by atoms with Gasteiger partial charge in [0.05, 0.1) is 29.6 Å². The molecule has 14 heteroatoms. The number of ether oxygens (including phenoxy) is 2. The molecule has 380 valence electrons. The predicted octanol–water partition coefficient (Wildman–Crippen LogP) is 8.96. The van der Waals surface area contributed by atoms with Gasteiger partial charge in [-0.2, -0.15) is 13.0 Å². The SMILES string of the molecule is COCCN1C(=CC=CC=CC=CC2=[N+](CCCCCC(=O)NCCNC(=O)c3ccc(C(=O)OC)c(P(c4ccccc4)c4ccccc4)c3)c3ccccc3C2(C)C)C(C)(C)c2cc(S(=O)(=O)O)ccc21. The van der Waals surface area contributed by atoms with Crippen LogP contribution in [0.1, 0.15) is 85.2 Å². The van der Waals surface area contributed by atoms with Gasteiger partial charge in [0.25, 0.3) is 16.0 Å². The Labute approximate surface area is 431 Å². The average Bonchev–Trinajstić information content (AvgIpc) is 3.73. The van der Waals surface area contributed by atoms with Crippen molar-refractivity contribution < 1.29 is 41.4 Å². The number of carbonyl (C=O) groups is 3. The lowest BCUT2D eigenvalue weighted by Gasteiger charge is -2.26. The molecule has 0 unspecified atom stereocenters. The second-order valence-electron chi connectivity index (χ2n) is 18.9. The Balaban J connectivity index is 0.919. The molecule has 0 radical (unpaired) electrons. The molecule has 0 aliphatic carbocycles. The van der Waals surface area contributed by atoms with E-state index in [1.165, 1.54) is 30.1 Å². The minimum absolute atomic E-state index is 0.0649. The van der Waals surface area contributed by atoms with E-state index >= 15 is 0 Å². The molecule has 2 heterocycles. The van der Waals surface area contributed by atoms with Crippen LogP contribution in [0.4, 0.5) is 11.4 Å². The molecule has 5 aromatic rings. The van der Waals surface area contributed by atoms with Crippen molar-refractivity contribution in [1.82, 2.24) is 10.6 Å². The average molecular weight is 1020 g/mol. The van der Waals surface area contributed by atoms with Gasteiger partial charge >= 0.3 is 5.97 Å². The third-order valence-corrected chi connectivity index (χ3v) is 16.7. The quantitative estimate of drug-likeness (QED) is 0.0154. The molecule has 2 aliphatic rings. The monoisotopic (exact) mass is 1020 g/mol. The number of anilines is 1. The number of benzene rings is 5. The fourth-order valence-corrected chi connectivity index (χ4v) is 12.6. The van der Waals surface area contributed by atoms with Crippen molar-refractivity contribution in [2.24, 2.45) is 0 Å². The number of fused-ring (bicyclic) bond motifs is 2. The number of allylic oxidation sites excluding steroid dienone is 8. The summed E-state index contributed by atoms with van der Waals surface area (Å²) < 4.78 is 46.6. The predicted molar refractivity (Wildman–Crippen MR) is 294 cm³/mol. The molecule has 3 N–H and O–H groups in total. The summed E-state index contributed by atoms with van der Waals surface area (Å²) in [5.74, 6) is -0.832. The number of hydrogen-bond acceptors (Lipinski definition) is 8. The molecule has 0 saturated carbocycles. The molecule has 7 rings (SSSR count). The van der Waals surface area contributed by atoms with Crippen LogP contribution in [-0.2, 0) is 35.2 Å². The van der Waals surface area contributed by atoms with Gasteiger partial charge in [-0.25, -0.2) is 4.79 Å². The van der Waals surface area contributed by atoms with Gasteiger partial charge in [-0.3, -0.25) is 14.1 Å². The molecule has 0 saturated heterocycles. The van der Waals surface area contributed by atoms with E-state index in [1.807, 2.05) is 105 Å². The highest BCUT2D eigenvalue weighted by Gasteiger charge is 2.44. The summed E-state index contributed by atoms with van der Waals surface area (Å²) in [7, 11) is -2.54. The Morgan fingerprint density at radius 1 is 0.726 bits per heavy atom. The molecule has 0 bridgehead atoms. The van der Waals surface area contributed by atoms with Gasteiger partial charge in [0.2, 0.25) is 11.6 Å². The highest BCUT2D eigenvalue weighted by atomic mass is 32.2. The molecule has 0 atom stereocenters. The number of nitrogens with zero attached hydrogens (tertiary/aromatic N) is 2. The lowest BCUT2D eigenvalue weighted by atomic mass is 9.81. The Kier molecular flexibility index (Phi) is 18.0. The molecule has 12 nitrogen and oxygen atoms in total. The highest BCUT2D eigenvalue weighted by Crippen LogP contribution is 2.48. The number of amides is 2. The van der Waals surface area contributed by atoms with Crippen LogP contribution in [-0.4, -0.2) is 88.0 Å². The first-order chi connectivity index (χ1) is 35.1. The molecular weight excluding hydrogens is 956 g/mol. The Morgan fingerprint density at radius 2 is 1.38 bits per heavy atom. The van der Waals surface area contributed by atoms with Gasteiger partial charge < -0.3 is 25.0 Å². The number of rotatable bonds is 22. The van der Waals surface area contributed by atoms with Crippen molar-refractivity contribution in [1.29, 1.82) is 0 Å². The fraction of sp³-hybridized carbons (Fsp3) is 0.288. The molecule has 0 aromatic heterocycles. The minimum atomic E-state index is -4.35. The van der Waals surface area contributed by atoms with Crippen LogP contribution in [0.2, 0.25) is 0 Å². The fourth-order valence-electron chi connectivity index (χ4n) is 9.63. The lowest BCUT2D eigenvalue weighted by Crippen LogP contribution is -2.35. The van der Waals surface area contributed by atoms with E-state index in [9.17, 15) is 27.4 Å². The van der Waals surface area contributed by atoms with Crippen molar-refractivity contribution in [3.63, 3.8) is 0 Å². The first kappa shape index (κ1) is 54.0. The molecule has 2 aliphatic heterocycles. The van der Waals surface area contributed by atoms with Crippen LogP contribution in [0.3, 0.4) is 0 Å². The summed E-state index contributed by atoms with van der Waals surface area (Å²) in [5, 5.41) is 8.68. The zero-order chi connectivity index (χ0) is 52.2. The molecule has 73 heavy (non-hydrogen) atoms. The number of nitrogens with one attached hydrogen (secondary N) is 2. The van der Waals surface area contributed by atoms with Crippen LogP contribution in [0, 0.1) is 0 Å². The Bertz CT molecular complexity index is 3030. The standard InChI is InChI=1S/C59H65N4O8PS/c1-58(2)48-27-20-21-28-50(48)62(53(58)29-17-8-7-9-18-30-54-59(3,4)49-42-46(73(67,68)69)33-35-51(49)63(54)39-40-70-5)38-22-12-19-31-55(64)60-36-37-61-56(65)43-32-34-47(57(66)71-6)52(41-43)72(44-23-13-10-14-24-44)45-25-15-11-16-26-45/h7-11,13-18,20-21,23-30,32-35,41-42H,12,19,22,31,36-40H2,1-6H3,(H2-,60,61,64,65,67,68,69)/p+1. The lowest BCUT2D eigenvalue weighted by molar-refractivity contribution is -0.438. The first-order valence-electron chi connectivity index (χ1n) is 24.6. The molecule has 2 amide bonds. The van der Waals surface area contributed by atoms with Crippen LogP contribution < -0.4 is 31.4 Å². The topological polar surface area (TPSA) is 154 Å². The summed E-state index contributed by atoms with van der Waals surface area (Å²) in [6.07, 6.45) is 17.1. The normalized spacial score (nSPS) is 15.5. The van der Waals surface area contributed by atoms with E-state index in [0.29, 0.717) is 30.7 Å². The summed E-state index contributed by atoms with van der Waals surface area (Å²) in [5.41, 5.74) is 6.41. The van der Waals surface area contributed by atoms with Gasteiger partial charge in [-0.15, -0.1) is 0 Å². The van der Waals surface area contributed by atoms with Crippen molar-refractivity contribution in [2.75, 3.05) is 51.9 Å². The minimum Gasteiger partial charge on any atom is -0.465 e. The summed E-state index contributed by atoms with van der Waals surface area (Å²) in [6.45, 7) is 11.0. The van der Waals surface area contributed by atoms with E-state index < -0.39 is 29.4 Å². The van der Waals surface area contributed by atoms with E-state index in [2.05, 4.69) is 70.4 Å². The first-order valence-corrected chi connectivity index (χ1v) is 27.4. The van der Waals surface area contributed by atoms with Gasteiger partial charge in [0.1, 0.15) is 6.54 Å².